The molecule has 7 nitrogen and oxygen atoms in total. The summed E-state index contributed by atoms with van der Waals surface area (Å²) in [6.45, 7) is 6.21. The number of aromatic nitrogens is 1. The van der Waals surface area contributed by atoms with Gasteiger partial charge in [0, 0.05) is 30.7 Å². The third-order valence-corrected chi connectivity index (χ3v) is 6.16. The van der Waals surface area contributed by atoms with Gasteiger partial charge in [0.2, 0.25) is 10.0 Å². The number of nitrogens with zero attached hydrogens (tertiary/aromatic N) is 2. The SMILES string of the molecule is Cc1ccc(C(=O)Nc2ccc(S(=O)(=O)N3C[C@H](C)O[C@@H](C)C3)cc2)cn1. The van der Waals surface area contributed by atoms with Gasteiger partial charge >= 0.3 is 0 Å². The summed E-state index contributed by atoms with van der Waals surface area (Å²) in [4.78, 5) is 16.5. The van der Waals surface area contributed by atoms with Gasteiger partial charge in [-0.15, -0.1) is 0 Å². The molecule has 2 heterocycles. The summed E-state index contributed by atoms with van der Waals surface area (Å²) in [6.07, 6.45) is 1.21. The number of benzene rings is 1. The van der Waals surface area contributed by atoms with Gasteiger partial charge in [0.15, 0.2) is 0 Å². The molecule has 1 saturated heterocycles. The summed E-state index contributed by atoms with van der Waals surface area (Å²) >= 11 is 0. The highest BCUT2D eigenvalue weighted by Crippen LogP contribution is 2.22. The lowest BCUT2D eigenvalue weighted by Crippen LogP contribution is -2.48. The third-order valence-electron chi connectivity index (χ3n) is 4.31. The second kappa shape index (κ2) is 7.75. The number of carbonyl (C=O) groups is 1. The number of nitrogens with one attached hydrogen (secondary N) is 1. The molecule has 1 N–H and O–H groups in total. The summed E-state index contributed by atoms with van der Waals surface area (Å²) in [5.41, 5.74) is 1.78. The summed E-state index contributed by atoms with van der Waals surface area (Å²) in [6, 6.07) is 9.62. The van der Waals surface area contributed by atoms with Crippen molar-refractivity contribution >= 4 is 21.6 Å². The Morgan fingerprint density at radius 1 is 1.11 bits per heavy atom. The van der Waals surface area contributed by atoms with Gasteiger partial charge in [-0.3, -0.25) is 9.78 Å². The van der Waals surface area contributed by atoms with Gasteiger partial charge in [-0.1, -0.05) is 0 Å². The number of amides is 1. The predicted octanol–water partition coefficient (Wildman–Crippen LogP) is 2.44. The molecule has 8 heteroatoms. The van der Waals surface area contributed by atoms with Crippen LogP contribution in [0.3, 0.4) is 0 Å². The molecule has 0 radical (unpaired) electrons. The maximum atomic E-state index is 12.8. The molecule has 0 spiro atoms. The van der Waals surface area contributed by atoms with Gasteiger partial charge in [0.05, 0.1) is 22.7 Å². The van der Waals surface area contributed by atoms with Crippen molar-refractivity contribution in [3.8, 4) is 0 Å². The molecule has 1 amide bonds. The lowest BCUT2D eigenvalue weighted by molar-refractivity contribution is -0.0440. The molecule has 1 aromatic heterocycles. The van der Waals surface area contributed by atoms with Crippen molar-refractivity contribution in [1.29, 1.82) is 0 Å². The molecular formula is C19H23N3O4S. The Bertz CT molecular complexity index is 901. The quantitative estimate of drug-likeness (QED) is 0.868. The number of hydrogen-bond acceptors (Lipinski definition) is 5. The van der Waals surface area contributed by atoms with Crippen LogP contribution in [0.15, 0.2) is 47.5 Å². The van der Waals surface area contributed by atoms with Crippen LogP contribution in [-0.4, -0.2) is 48.9 Å². The van der Waals surface area contributed by atoms with Gasteiger partial charge in [-0.2, -0.15) is 4.31 Å². The van der Waals surface area contributed by atoms with E-state index in [4.69, 9.17) is 4.74 Å². The summed E-state index contributed by atoms with van der Waals surface area (Å²) in [5.74, 6) is -0.297. The highest BCUT2D eigenvalue weighted by molar-refractivity contribution is 7.89. The fourth-order valence-corrected chi connectivity index (χ4v) is 4.58. The molecule has 144 valence electrons. The molecule has 2 atom stereocenters. The highest BCUT2D eigenvalue weighted by Gasteiger charge is 2.32. The van der Waals surface area contributed by atoms with Crippen LogP contribution in [0.1, 0.15) is 29.9 Å². The van der Waals surface area contributed by atoms with Gasteiger partial charge in [0.1, 0.15) is 0 Å². The van der Waals surface area contributed by atoms with E-state index in [1.807, 2.05) is 20.8 Å². The van der Waals surface area contributed by atoms with Gasteiger partial charge < -0.3 is 10.1 Å². The van der Waals surface area contributed by atoms with E-state index in [0.717, 1.165) is 5.69 Å². The molecule has 0 bridgehead atoms. The number of hydrogen-bond donors (Lipinski definition) is 1. The van der Waals surface area contributed by atoms with Crippen LogP contribution >= 0.6 is 0 Å². The topological polar surface area (TPSA) is 88.6 Å². The molecule has 1 aliphatic heterocycles. The minimum absolute atomic E-state index is 0.148. The minimum atomic E-state index is -3.60. The van der Waals surface area contributed by atoms with E-state index in [9.17, 15) is 13.2 Å². The molecule has 0 aliphatic carbocycles. The maximum Gasteiger partial charge on any atom is 0.257 e. The van der Waals surface area contributed by atoms with Crippen molar-refractivity contribution in [2.45, 2.75) is 37.9 Å². The van der Waals surface area contributed by atoms with Crippen LogP contribution < -0.4 is 5.32 Å². The third kappa shape index (κ3) is 4.52. The fourth-order valence-electron chi connectivity index (χ4n) is 2.99. The van der Waals surface area contributed by atoms with E-state index in [-0.39, 0.29) is 23.0 Å². The Morgan fingerprint density at radius 3 is 2.30 bits per heavy atom. The van der Waals surface area contributed by atoms with Crippen LogP contribution in [0.25, 0.3) is 0 Å². The number of anilines is 1. The van der Waals surface area contributed by atoms with Gasteiger partial charge in [-0.05, 0) is 57.2 Å². The number of pyridine rings is 1. The van der Waals surface area contributed by atoms with E-state index in [1.165, 1.54) is 22.6 Å². The summed E-state index contributed by atoms with van der Waals surface area (Å²) in [7, 11) is -3.60. The van der Waals surface area contributed by atoms with Crippen LogP contribution in [-0.2, 0) is 14.8 Å². The predicted molar refractivity (Wildman–Crippen MR) is 102 cm³/mol. The van der Waals surface area contributed by atoms with Crippen molar-refractivity contribution in [3.63, 3.8) is 0 Å². The number of ether oxygens (including phenoxy) is 1. The summed E-state index contributed by atoms with van der Waals surface area (Å²) < 4.78 is 32.7. The Labute approximate surface area is 159 Å². The zero-order valence-corrected chi connectivity index (χ0v) is 16.4. The van der Waals surface area contributed by atoms with Crippen molar-refractivity contribution in [3.05, 3.63) is 53.9 Å². The second-order valence-electron chi connectivity index (χ2n) is 6.75. The fraction of sp³-hybridized carbons (Fsp3) is 0.368. The van der Waals surface area contributed by atoms with E-state index < -0.39 is 10.0 Å². The van der Waals surface area contributed by atoms with Crippen molar-refractivity contribution in [2.75, 3.05) is 18.4 Å². The zero-order valence-electron chi connectivity index (χ0n) is 15.5. The van der Waals surface area contributed by atoms with Crippen molar-refractivity contribution in [2.24, 2.45) is 0 Å². The van der Waals surface area contributed by atoms with E-state index >= 15 is 0 Å². The standard InChI is InChI=1S/C19H23N3O4S/c1-13-4-5-16(10-20-13)19(23)21-17-6-8-18(9-7-17)27(24,25)22-11-14(2)26-15(3)12-22/h4-10,14-15H,11-12H2,1-3H3,(H,21,23)/t14-,15-/m0/s1. The first-order chi connectivity index (χ1) is 12.8. The molecule has 27 heavy (non-hydrogen) atoms. The second-order valence-corrected chi connectivity index (χ2v) is 8.68. The Kier molecular flexibility index (Phi) is 5.59. The first-order valence-electron chi connectivity index (χ1n) is 8.75. The molecule has 1 fully saturated rings. The molecule has 1 aliphatic rings. The average Bonchev–Trinajstić information content (AvgIpc) is 2.62. The van der Waals surface area contributed by atoms with Crippen molar-refractivity contribution in [1.82, 2.24) is 9.29 Å². The first kappa shape index (κ1) is 19.5. The average molecular weight is 389 g/mol. The molecule has 1 aromatic carbocycles. The number of morpholine rings is 1. The normalized spacial score (nSPS) is 21.0. The smallest absolute Gasteiger partial charge is 0.257 e. The van der Waals surface area contributed by atoms with Crippen molar-refractivity contribution < 1.29 is 17.9 Å². The van der Waals surface area contributed by atoms with Gasteiger partial charge in [-0.25, -0.2) is 8.42 Å². The lowest BCUT2D eigenvalue weighted by Gasteiger charge is -2.34. The van der Waals surface area contributed by atoms with Crippen LogP contribution in [0, 0.1) is 6.92 Å². The molecule has 0 unspecified atom stereocenters. The highest BCUT2D eigenvalue weighted by atomic mass is 32.2. The molecule has 3 rings (SSSR count). The van der Waals surface area contributed by atoms with E-state index in [0.29, 0.717) is 24.3 Å². The molecule has 2 aromatic rings. The van der Waals surface area contributed by atoms with Crippen LogP contribution in [0.4, 0.5) is 5.69 Å². The Hall–Kier alpha value is -2.29. The largest absolute Gasteiger partial charge is 0.373 e. The minimum Gasteiger partial charge on any atom is -0.373 e. The first-order valence-corrected chi connectivity index (χ1v) is 10.2. The van der Waals surface area contributed by atoms with E-state index in [1.54, 1.807) is 24.3 Å². The number of carbonyl (C=O) groups excluding carboxylic acids is 1. The monoisotopic (exact) mass is 389 g/mol. The van der Waals surface area contributed by atoms with Gasteiger partial charge in [0.25, 0.3) is 5.91 Å². The maximum absolute atomic E-state index is 12.8. The number of rotatable bonds is 4. The number of sulfonamides is 1. The number of aryl methyl sites for hydroxylation is 1. The van der Waals surface area contributed by atoms with Crippen LogP contribution in [0.5, 0.6) is 0 Å². The Balaban J connectivity index is 1.72. The Morgan fingerprint density at radius 2 is 1.74 bits per heavy atom. The van der Waals surface area contributed by atoms with Crippen LogP contribution in [0.2, 0.25) is 0 Å². The van der Waals surface area contributed by atoms with E-state index in [2.05, 4.69) is 10.3 Å². The lowest BCUT2D eigenvalue weighted by atomic mass is 10.2. The molecular weight excluding hydrogens is 366 g/mol. The molecule has 0 saturated carbocycles. The summed E-state index contributed by atoms with van der Waals surface area (Å²) in [5, 5.41) is 2.74. The zero-order chi connectivity index (χ0) is 19.6.